The average Bonchev–Trinajstić information content (AvgIpc) is 2.57. The summed E-state index contributed by atoms with van der Waals surface area (Å²) < 4.78 is 4.69. The fraction of sp³-hybridized carbons (Fsp3) is 0.600. The Hall–Kier alpha value is -1.88. The molecule has 1 aromatic rings. The maximum atomic E-state index is 12.5. The van der Waals surface area contributed by atoms with Crippen LogP contribution in [0.2, 0.25) is 0 Å². The van der Waals surface area contributed by atoms with Gasteiger partial charge in [0.25, 0.3) is 0 Å². The van der Waals surface area contributed by atoms with E-state index >= 15 is 0 Å². The van der Waals surface area contributed by atoms with Gasteiger partial charge in [-0.05, 0) is 25.3 Å². The summed E-state index contributed by atoms with van der Waals surface area (Å²) in [4.78, 5) is 26.5. The third-order valence-electron chi connectivity index (χ3n) is 5.01. The summed E-state index contributed by atoms with van der Waals surface area (Å²) in [6.45, 7) is 7.68. The first kappa shape index (κ1) is 19.4. The summed E-state index contributed by atoms with van der Waals surface area (Å²) in [7, 11) is 1.35. The molecule has 0 aromatic heterocycles. The Labute approximate surface area is 150 Å². The van der Waals surface area contributed by atoms with Crippen molar-refractivity contribution >= 4 is 11.9 Å². The standard InChI is InChI=1S/C20H30N2O3/c1-15-12-17(21-19(24)20(2,3)13-18(23)25-4)10-11-22(15)14-16-8-6-5-7-9-16/h5-9,15,17H,10-14H2,1-4H3,(H,21,24)/t15-,17-/m1/s1. The van der Waals surface area contributed by atoms with Gasteiger partial charge in [0.15, 0.2) is 0 Å². The molecule has 1 saturated heterocycles. The van der Waals surface area contributed by atoms with E-state index in [0.29, 0.717) is 6.04 Å². The smallest absolute Gasteiger partial charge is 0.306 e. The lowest BCUT2D eigenvalue weighted by molar-refractivity contribution is -0.147. The molecule has 2 rings (SSSR count). The van der Waals surface area contributed by atoms with Gasteiger partial charge in [-0.3, -0.25) is 14.5 Å². The zero-order valence-electron chi connectivity index (χ0n) is 15.7. The number of hydrogen-bond donors (Lipinski definition) is 1. The summed E-state index contributed by atoms with van der Waals surface area (Å²) in [5, 5.41) is 3.13. The van der Waals surface area contributed by atoms with Gasteiger partial charge in [0.1, 0.15) is 0 Å². The minimum Gasteiger partial charge on any atom is -0.469 e. The monoisotopic (exact) mass is 346 g/mol. The van der Waals surface area contributed by atoms with E-state index in [1.54, 1.807) is 13.8 Å². The highest BCUT2D eigenvalue weighted by atomic mass is 16.5. The van der Waals surface area contributed by atoms with Crippen molar-refractivity contribution in [3.05, 3.63) is 35.9 Å². The van der Waals surface area contributed by atoms with Crippen LogP contribution in [0, 0.1) is 5.41 Å². The lowest BCUT2D eigenvalue weighted by atomic mass is 9.87. The van der Waals surface area contributed by atoms with E-state index in [1.807, 2.05) is 6.07 Å². The number of nitrogens with one attached hydrogen (secondary N) is 1. The maximum absolute atomic E-state index is 12.5. The number of likely N-dealkylation sites (tertiary alicyclic amines) is 1. The van der Waals surface area contributed by atoms with Crippen molar-refractivity contribution in [3.63, 3.8) is 0 Å². The van der Waals surface area contributed by atoms with E-state index in [4.69, 9.17) is 0 Å². The normalized spacial score (nSPS) is 21.6. The highest BCUT2D eigenvalue weighted by Gasteiger charge is 2.34. The Morgan fingerprint density at radius 1 is 1.28 bits per heavy atom. The highest BCUT2D eigenvalue weighted by molar-refractivity contribution is 5.86. The molecule has 25 heavy (non-hydrogen) atoms. The first-order valence-electron chi connectivity index (χ1n) is 8.97. The summed E-state index contributed by atoms with van der Waals surface area (Å²) in [5.74, 6) is -0.433. The van der Waals surface area contributed by atoms with Crippen LogP contribution < -0.4 is 5.32 Å². The second-order valence-corrected chi connectivity index (χ2v) is 7.64. The van der Waals surface area contributed by atoms with Crippen molar-refractivity contribution in [1.82, 2.24) is 10.2 Å². The molecule has 1 fully saturated rings. The molecule has 5 nitrogen and oxygen atoms in total. The van der Waals surface area contributed by atoms with Gasteiger partial charge < -0.3 is 10.1 Å². The molecule has 138 valence electrons. The van der Waals surface area contributed by atoms with Gasteiger partial charge in [-0.2, -0.15) is 0 Å². The van der Waals surface area contributed by atoms with E-state index < -0.39 is 5.41 Å². The number of ether oxygens (including phenoxy) is 1. The van der Waals surface area contributed by atoms with E-state index in [2.05, 4.69) is 46.1 Å². The number of amides is 1. The number of benzene rings is 1. The number of piperidine rings is 1. The van der Waals surface area contributed by atoms with Crippen LogP contribution >= 0.6 is 0 Å². The van der Waals surface area contributed by atoms with Crippen molar-refractivity contribution in [2.24, 2.45) is 5.41 Å². The molecule has 1 aromatic carbocycles. The van der Waals surface area contributed by atoms with Crippen LogP contribution in [0.1, 0.15) is 45.6 Å². The second kappa shape index (κ2) is 8.48. The van der Waals surface area contributed by atoms with E-state index in [-0.39, 0.29) is 24.3 Å². The predicted octanol–water partition coefficient (Wildman–Crippen LogP) is 2.75. The highest BCUT2D eigenvalue weighted by Crippen LogP contribution is 2.24. The van der Waals surface area contributed by atoms with Crippen molar-refractivity contribution in [2.45, 2.75) is 58.7 Å². The molecule has 1 amide bonds. The molecule has 0 spiro atoms. The van der Waals surface area contributed by atoms with Crippen LogP contribution in [0.3, 0.4) is 0 Å². The molecule has 0 radical (unpaired) electrons. The topological polar surface area (TPSA) is 58.6 Å². The van der Waals surface area contributed by atoms with Crippen LogP contribution in [0.5, 0.6) is 0 Å². The van der Waals surface area contributed by atoms with E-state index in [9.17, 15) is 9.59 Å². The number of carbonyl (C=O) groups excluding carboxylic acids is 2. The Bertz CT molecular complexity index is 586. The van der Waals surface area contributed by atoms with Crippen LogP contribution in [0.15, 0.2) is 30.3 Å². The quantitative estimate of drug-likeness (QED) is 0.805. The Balaban J connectivity index is 1.86. The van der Waals surface area contributed by atoms with Gasteiger partial charge >= 0.3 is 5.97 Å². The zero-order chi connectivity index (χ0) is 18.4. The maximum Gasteiger partial charge on any atom is 0.306 e. The van der Waals surface area contributed by atoms with Crippen LogP contribution in [0.25, 0.3) is 0 Å². The molecule has 0 bridgehead atoms. The Morgan fingerprint density at radius 2 is 1.96 bits per heavy atom. The third-order valence-corrected chi connectivity index (χ3v) is 5.01. The molecule has 0 saturated carbocycles. The van der Waals surface area contributed by atoms with Gasteiger partial charge in [0.05, 0.1) is 18.9 Å². The summed E-state index contributed by atoms with van der Waals surface area (Å²) in [5.41, 5.74) is 0.563. The van der Waals surface area contributed by atoms with Crippen LogP contribution in [0.4, 0.5) is 0 Å². The fourth-order valence-corrected chi connectivity index (χ4v) is 3.30. The number of carbonyl (C=O) groups is 2. The predicted molar refractivity (Wildman–Crippen MR) is 97.9 cm³/mol. The van der Waals surface area contributed by atoms with Crippen molar-refractivity contribution in [3.8, 4) is 0 Å². The zero-order valence-corrected chi connectivity index (χ0v) is 15.7. The van der Waals surface area contributed by atoms with Gasteiger partial charge in [-0.15, -0.1) is 0 Å². The summed E-state index contributed by atoms with van der Waals surface area (Å²) in [6.07, 6.45) is 1.95. The first-order valence-corrected chi connectivity index (χ1v) is 8.97. The molecule has 1 N–H and O–H groups in total. The lowest BCUT2D eigenvalue weighted by Crippen LogP contribution is -2.51. The number of esters is 1. The minimum atomic E-state index is -0.752. The molecule has 5 heteroatoms. The van der Waals surface area contributed by atoms with Crippen molar-refractivity contribution < 1.29 is 14.3 Å². The number of hydrogen-bond acceptors (Lipinski definition) is 4. The number of rotatable bonds is 6. The minimum absolute atomic E-state index is 0.0772. The van der Waals surface area contributed by atoms with E-state index in [0.717, 1.165) is 25.9 Å². The molecular weight excluding hydrogens is 316 g/mol. The SMILES string of the molecule is COC(=O)CC(C)(C)C(=O)N[C@@H]1CCN(Cc2ccccc2)[C@H](C)C1. The molecular formula is C20H30N2O3. The van der Waals surface area contributed by atoms with Gasteiger partial charge in [0.2, 0.25) is 5.91 Å². The van der Waals surface area contributed by atoms with E-state index in [1.165, 1.54) is 12.7 Å². The molecule has 1 heterocycles. The molecule has 1 aliphatic heterocycles. The second-order valence-electron chi connectivity index (χ2n) is 7.64. The molecule has 0 aliphatic carbocycles. The van der Waals surface area contributed by atoms with Gasteiger partial charge in [-0.25, -0.2) is 0 Å². The Morgan fingerprint density at radius 3 is 2.56 bits per heavy atom. The number of nitrogens with zero attached hydrogens (tertiary/aromatic N) is 1. The third kappa shape index (κ3) is 5.56. The lowest BCUT2D eigenvalue weighted by Gasteiger charge is -2.39. The van der Waals surface area contributed by atoms with Crippen LogP contribution in [-0.2, 0) is 20.9 Å². The average molecular weight is 346 g/mol. The van der Waals surface area contributed by atoms with Gasteiger partial charge in [-0.1, -0.05) is 44.2 Å². The first-order chi connectivity index (χ1) is 11.8. The van der Waals surface area contributed by atoms with Crippen molar-refractivity contribution in [1.29, 1.82) is 0 Å². The van der Waals surface area contributed by atoms with Gasteiger partial charge in [0, 0.05) is 25.2 Å². The molecule has 1 aliphatic rings. The molecule has 2 atom stereocenters. The Kier molecular flexibility index (Phi) is 6.59. The molecule has 0 unspecified atom stereocenters. The summed E-state index contributed by atoms with van der Waals surface area (Å²) >= 11 is 0. The largest absolute Gasteiger partial charge is 0.469 e. The summed E-state index contributed by atoms with van der Waals surface area (Å²) in [6, 6.07) is 11.0. The fourth-order valence-electron chi connectivity index (χ4n) is 3.30. The van der Waals surface area contributed by atoms with Crippen LogP contribution in [-0.4, -0.2) is 42.5 Å². The van der Waals surface area contributed by atoms with Crippen molar-refractivity contribution in [2.75, 3.05) is 13.7 Å². The number of methoxy groups -OCH3 is 1.